The van der Waals surface area contributed by atoms with Crippen molar-refractivity contribution in [2.45, 2.75) is 27.3 Å². The number of rotatable bonds is 9. The maximum atomic E-state index is 12.7. The van der Waals surface area contributed by atoms with Crippen molar-refractivity contribution in [1.29, 1.82) is 5.26 Å². The van der Waals surface area contributed by atoms with Crippen LogP contribution in [0.15, 0.2) is 29.1 Å². The van der Waals surface area contributed by atoms with Crippen molar-refractivity contribution in [1.82, 2.24) is 9.88 Å². The van der Waals surface area contributed by atoms with Gasteiger partial charge in [-0.2, -0.15) is 5.26 Å². The fraction of sp³-hybridized carbons (Fsp3) is 0.333. The molecule has 3 N–H and O–H groups in total. The van der Waals surface area contributed by atoms with E-state index in [2.05, 4.69) is 16.0 Å². The monoisotopic (exact) mass is 443 g/mol. The van der Waals surface area contributed by atoms with Gasteiger partial charge < -0.3 is 20.7 Å². The molecule has 0 atom stereocenters. The van der Waals surface area contributed by atoms with Crippen LogP contribution in [-0.4, -0.2) is 36.1 Å². The molecular weight excluding hydrogens is 418 g/mol. The van der Waals surface area contributed by atoms with Gasteiger partial charge >= 0.3 is 0 Å². The number of nitrogens with one attached hydrogen (secondary N) is 3. The molecule has 2 aromatic rings. The van der Waals surface area contributed by atoms with Crippen LogP contribution in [0.25, 0.3) is 11.8 Å². The van der Waals surface area contributed by atoms with Crippen LogP contribution in [0, 0.1) is 11.3 Å². The fourth-order valence-electron chi connectivity index (χ4n) is 2.66. The lowest BCUT2D eigenvalue weighted by Crippen LogP contribution is -2.34. The van der Waals surface area contributed by atoms with Gasteiger partial charge in [0.1, 0.15) is 21.9 Å². The number of thiazole rings is 1. The van der Waals surface area contributed by atoms with Gasteiger partial charge in [-0.3, -0.25) is 19.0 Å². The molecule has 0 aliphatic rings. The van der Waals surface area contributed by atoms with E-state index in [9.17, 15) is 19.6 Å². The van der Waals surface area contributed by atoms with Crippen molar-refractivity contribution in [3.05, 3.63) is 43.8 Å². The van der Waals surface area contributed by atoms with Gasteiger partial charge in [0, 0.05) is 37.3 Å². The summed E-state index contributed by atoms with van der Waals surface area (Å²) in [5.41, 5.74) is 0.842. The standard InChI is InChI=1S/C21H25N5O4S/c1-4-23-19(28)16(11-22)21-26(5-2)20(29)17(31-21)12-24-14-8-7-9-15(10-14)25-18(27)13-30-6-3/h7-10,12,24H,4-6,13H2,1-3H3,(H,23,28)(H,25,27)/b17-12+,21-16-. The second-order valence-corrected chi connectivity index (χ2v) is 7.25. The van der Waals surface area contributed by atoms with Crippen molar-refractivity contribution >= 4 is 46.3 Å². The maximum Gasteiger partial charge on any atom is 0.270 e. The lowest BCUT2D eigenvalue weighted by molar-refractivity contribution is -0.120. The quantitative estimate of drug-likeness (QED) is 0.520. The number of hydrogen-bond acceptors (Lipinski definition) is 7. The molecule has 2 amide bonds. The molecule has 1 aromatic heterocycles. The molecule has 164 valence electrons. The number of benzene rings is 1. The zero-order valence-corrected chi connectivity index (χ0v) is 18.5. The van der Waals surface area contributed by atoms with E-state index in [0.717, 1.165) is 11.3 Å². The van der Waals surface area contributed by atoms with E-state index < -0.39 is 5.91 Å². The molecule has 0 unspecified atom stereocenters. The lowest BCUT2D eigenvalue weighted by Gasteiger charge is -2.07. The van der Waals surface area contributed by atoms with Crippen LogP contribution in [0.4, 0.5) is 11.4 Å². The van der Waals surface area contributed by atoms with Gasteiger partial charge in [-0.15, -0.1) is 11.3 Å². The largest absolute Gasteiger partial charge is 0.372 e. The topological polar surface area (TPSA) is 125 Å². The number of anilines is 2. The van der Waals surface area contributed by atoms with Gasteiger partial charge in [0.05, 0.1) is 0 Å². The van der Waals surface area contributed by atoms with Crippen LogP contribution in [0.2, 0.25) is 0 Å². The molecule has 10 heteroatoms. The number of hydrogen-bond donors (Lipinski definition) is 3. The number of carbonyl (C=O) groups is 2. The summed E-state index contributed by atoms with van der Waals surface area (Å²) in [4.78, 5) is 36.7. The average molecular weight is 444 g/mol. The van der Waals surface area contributed by atoms with E-state index in [4.69, 9.17) is 4.74 Å². The van der Waals surface area contributed by atoms with Crippen LogP contribution in [0.3, 0.4) is 0 Å². The first-order valence-electron chi connectivity index (χ1n) is 9.81. The van der Waals surface area contributed by atoms with Crippen LogP contribution in [-0.2, 0) is 20.9 Å². The van der Waals surface area contributed by atoms with Crippen LogP contribution >= 0.6 is 11.3 Å². The number of amides is 2. The summed E-state index contributed by atoms with van der Waals surface area (Å²) in [6, 6.07) is 8.90. The predicted molar refractivity (Wildman–Crippen MR) is 121 cm³/mol. The zero-order valence-electron chi connectivity index (χ0n) is 17.7. The second-order valence-electron chi connectivity index (χ2n) is 6.22. The second kappa shape index (κ2) is 11.7. The van der Waals surface area contributed by atoms with E-state index in [-0.39, 0.29) is 23.6 Å². The van der Waals surface area contributed by atoms with E-state index in [0.29, 0.717) is 40.3 Å². The molecule has 0 saturated heterocycles. The minimum atomic E-state index is -0.511. The van der Waals surface area contributed by atoms with E-state index in [1.165, 1.54) is 10.8 Å². The van der Waals surface area contributed by atoms with E-state index >= 15 is 0 Å². The molecule has 2 rings (SSSR count). The average Bonchev–Trinajstić information content (AvgIpc) is 3.06. The highest BCUT2D eigenvalue weighted by Crippen LogP contribution is 2.15. The Hall–Kier alpha value is -3.42. The third-order valence-corrected chi connectivity index (χ3v) is 5.20. The van der Waals surface area contributed by atoms with Gasteiger partial charge in [-0.1, -0.05) is 6.07 Å². The third kappa shape index (κ3) is 6.28. The third-order valence-electron chi connectivity index (χ3n) is 4.07. The fourth-order valence-corrected chi connectivity index (χ4v) is 3.75. The van der Waals surface area contributed by atoms with Crippen molar-refractivity contribution in [2.75, 3.05) is 30.4 Å². The Labute approximate surface area is 183 Å². The molecule has 0 radical (unpaired) electrons. The number of ether oxygens (including phenoxy) is 1. The first kappa shape index (κ1) is 23.9. The number of carbonyl (C=O) groups excluding carboxylic acids is 2. The molecule has 1 heterocycles. The van der Waals surface area contributed by atoms with Crippen molar-refractivity contribution in [3.63, 3.8) is 0 Å². The van der Waals surface area contributed by atoms with Gasteiger partial charge in [0.15, 0.2) is 5.57 Å². The zero-order chi connectivity index (χ0) is 22.8. The number of nitrogens with zero attached hydrogens (tertiary/aromatic N) is 2. The Bertz CT molecular complexity index is 1160. The molecule has 1 aromatic carbocycles. The Kier molecular flexibility index (Phi) is 8.99. The minimum Gasteiger partial charge on any atom is -0.372 e. The minimum absolute atomic E-state index is 0.0296. The summed E-state index contributed by atoms with van der Waals surface area (Å²) >= 11 is 1.07. The van der Waals surface area contributed by atoms with Crippen molar-refractivity contribution in [3.8, 4) is 6.07 Å². The first-order chi connectivity index (χ1) is 14.9. The Morgan fingerprint density at radius 1 is 1.26 bits per heavy atom. The summed E-state index contributed by atoms with van der Waals surface area (Å²) < 4.78 is 7.14. The molecule has 0 saturated carbocycles. The summed E-state index contributed by atoms with van der Waals surface area (Å²) in [7, 11) is 0. The molecular formula is C21H25N5O4S. The SMILES string of the molecule is CCNC(=O)/C(C#N)=c1\s/c(=C/Nc2cccc(NC(=O)COCC)c2)c(=O)n1CC. The molecule has 9 nitrogen and oxygen atoms in total. The van der Waals surface area contributed by atoms with Gasteiger partial charge in [-0.05, 0) is 39.0 Å². The number of nitriles is 1. The smallest absolute Gasteiger partial charge is 0.270 e. The molecule has 0 fully saturated rings. The van der Waals surface area contributed by atoms with Gasteiger partial charge in [-0.25, -0.2) is 0 Å². The predicted octanol–water partition coefficient (Wildman–Crippen LogP) is 0.565. The molecule has 0 bridgehead atoms. The Balaban J connectivity index is 2.36. The number of aromatic nitrogens is 1. The Morgan fingerprint density at radius 2 is 2.00 bits per heavy atom. The normalized spacial score (nSPS) is 12.1. The van der Waals surface area contributed by atoms with Gasteiger partial charge in [0.25, 0.3) is 11.5 Å². The van der Waals surface area contributed by atoms with E-state index in [1.54, 1.807) is 38.1 Å². The highest BCUT2D eigenvalue weighted by Gasteiger charge is 2.14. The van der Waals surface area contributed by atoms with Crippen LogP contribution in [0.1, 0.15) is 20.8 Å². The molecule has 0 aliphatic carbocycles. The van der Waals surface area contributed by atoms with Crippen molar-refractivity contribution in [2.24, 2.45) is 0 Å². The first-order valence-corrected chi connectivity index (χ1v) is 10.6. The van der Waals surface area contributed by atoms with Gasteiger partial charge in [0.2, 0.25) is 5.91 Å². The molecule has 0 aliphatic heterocycles. The highest BCUT2D eigenvalue weighted by molar-refractivity contribution is 7.07. The van der Waals surface area contributed by atoms with Crippen LogP contribution < -0.4 is 30.7 Å². The summed E-state index contributed by atoms with van der Waals surface area (Å²) in [5, 5.41) is 17.8. The van der Waals surface area contributed by atoms with Crippen molar-refractivity contribution < 1.29 is 14.3 Å². The maximum absolute atomic E-state index is 12.7. The summed E-state index contributed by atoms with van der Waals surface area (Å²) in [5.74, 6) is -0.773. The van der Waals surface area contributed by atoms with Crippen LogP contribution in [0.5, 0.6) is 0 Å². The Morgan fingerprint density at radius 3 is 2.65 bits per heavy atom. The molecule has 0 spiro atoms. The summed E-state index contributed by atoms with van der Waals surface area (Å²) in [6.45, 7) is 6.46. The van der Waals surface area contributed by atoms with E-state index in [1.807, 2.05) is 13.0 Å². The lowest BCUT2D eigenvalue weighted by atomic mass is 10.2. The molecule has 31 heavy (non-hydrogen) atoms. The highest BCUT2D eigenvalue weighted by atomic mass is 32.1. The summed E-state index contributed by atoms with van der Waals surface area (Å²) in [6.07, 6.45) is 1.52.